The van der Waals surface area contributed by atoms with Gasteiger partial charge >= 0.3 is 0 Å². The molecule has 1 N–H and O–H groups in total. The number of nitrogens with one attached hydrogen (secondary N) is 1. The molecule has 2 rings (SSSR count). The van der Waals surface area contributed by atoms with Crippen LogP contribution in [0.5, 0.6) is 0 Å². The van der Waals surface area contributed by atoms with Crippen molar-refractivity contribution in [3.63, 3.8) is 0 Å². The zero-order valence-corrected chi connectivity index (χ0v) is 12.0. The molecule has 0 bridgehead atoms. The Morgan fingerprint density at radius 1 is 1.39 bits per heavy atom. The summed E-state index contributed by atoms with van der Waals surface area (Å²) in [4.78, 5) is 0. The van der Waals surface area contributed by atoms with Crippen molar-refractivity contribution < 1.29 is 4.74 Å². The van der Waals surface area contributed by atoms with Crippen molar-refractivity contribution in [2.45, 2.75) is 37.3 Å². The number of nitrogens with zero attached hydrogens (tertiary/aromatic N) is 1. The van der Waals surface area contributed by atoms with Crippen molar-refractivity contribution in [3.05, 3.63) is 28.7 Å². The molecule has 96 valence electrons. The van der Waals surface area contributed by atoms with E-state index in [2.05, 4.69) is 27.3 Å². The number of hydrogen-bond donors (Lipinski definition) is 1. The summed E-state index contributed by atoms with van der Waals surface area (Å²) < 4.78 is 6.35. The van der Waals surface area contributed by atoms with Crippen molar-refractivity contribution in [2.75, 3.05) is 12.4 Å². The number of nitriles is 1. The van der Waals surface area contributed by atoms with Crippen LogP contribution in [0.25, 0.3) is 0 Å². The molecule has 1 aromatic carbocycles. The number of para-hydroxylation sites is 1. The summed E-state index contributed by atoms with van der Waals surface area (Å²) in [6, 6.07) is 10.4. The predicted molar refractivity (Wildman–Crippen MR) is 75.4 cm³/mol. The highest BCUT2D eigenvalue weighted by Gasteiger charge is 2.35. The Bertz CT molecular complexity index is 447. The zero-order chi connectivity index (χ0) is 13.0. The molecule has 1 aliphatic carbocycles. The van der Waals surface area contributed by atoms with E-state index < -0.39 is 5.54 Å². The maximum absolute atomic E-state index is 9.48. The van der Waals surface area contributed by atoms with E-state index in [1.165, 1.54) is 0 Å². The van der Waals surface area contributed by atoms with Gasteiger partial charge in [0.05, 0.1) is 12.2 Å². The SMILES string of the molecule is COC1CCC(C#N)(Nc2ccccc2Br)CC1. The van der Waals surface area contributed by atoms with E-state index in [0.717, 1.165) is 35.8 Å². The molecule has 0 unspecified atom stereocenters. The van der Waals surface area contributed by atoms with Crippen molar-refractivity contribution in [3.8, 4) is 6.07 Å². The van der Waals surface area contributed by atoms with E-state index in [-0.39, 0.29) is 0 Å². The fourth-order valence-electron chi connectivity index (χ4n) is 2.40. The van der Waals surface area contributed by atoms with E-state index in [1.54, 1.807) is 7.11 Å². The van der Waals surface area contributed by atoms with Crippen molar-refractivity contribution in [1.82, 2.24) is 0 Å². The fourth-order valence-corrected chi connectivity index (χ4v) is 2.79. The highest BCUT2D eigenvalue weighted by molar-refractivity contribution is 9.10. The zero-order valence-electron chi connectivity index (χ0n) is 10.4. The Labute approximate surface area is 116 Å². The summed E-state index contributed by atoms with van der Waals surface area (Å²) in [6.07, 6.45) is 3.81. The van der Waals surface area contributed by atoms with Gasteiger partial charge in [0.1, 0.15) is 5.54 Å². The second-order valence-electron chi connectivity index (χ2n) is 4.73. The molecule has 0 radical (unpaired) electrons. The number of halogens is 1. The first-order valence-corrected chi connectivity index (χ1v) is 6.95. The molecular formula is C14H17BrN2O. The summed E-state index contributed by atoms with van der Waals surface area (Å²) in [6.45, 7) is 0. The third kappa shape index (κ3) is 2.85. The van der Waals surface area contributed by atoms with E-state index in [1.807, 2.05) is 24.3 Å². The van der Waals surface area contributed by atoms with Gasteiger partial charge in [-0.05, 0) is 53.7 Å². The smallest absolute Gasteiger partial charge is 0.125 e. The molecule has 0 aromatic heterocycles. The molecule has 1 aromatic rings. The quantitative estimate of drug-likeness (QED) is 0.925. The Balaban J connectivity index is 2.11. The molecule has 1 aliphatic rings. The highest BCUT2D eigenvalue weighted by atomic mass is 79.9. The van der Waals surface area contributed by atoms with Crippen LogP contribution in [0.4, 0.5) is 5.69 Å². The molecular weight excluding hydrogens is 292 g/mol. The minimum atomic E-state index is -0.459. The lowest BCUT2D eigenvalue weighted by Crippen LogP contribution is -2.42. The van der Waals surface area contributed by atoms with Crippen molar-refractivity contribution in [2.24, 2.45) is 0 Å². The van der Waals surface area contributed by atoms with Crippen LogP contribution in [0.2, 0.25) is 0 Å². The Morgan fingerprint density at radius 3 is 2.61 bits per heavy atom. The van der Waals surface area contributed by atoms with Crippen LogP contribution >= 0.6 is 15.9 Å². The van der Waals surface area contributed by atoms with E-state index in [0.29, 0.717) is 6.10 Å². The highest BCUT2D eigenvalue weighted by Crippen LogP contribution is 2.34. The van der Waals surface area contributed by atoms with E-state index in [4.69, 9.17) is 4.74 Å². The summed E-state index contributed by atoms with van der Waals surface area (Å²) in [5.41, 5.74) is 0.522. The minimum Gasteiger partial charge on any atom is -0.381 e. The second kappa shape index (κ2) is 5.73. The molecule has 0 spiro atoms. The van der Waals surface area contributed by atoms with Gasteiger partial charge in [0, 0.05) is 17.3 Å². The van der Waals surface area contributed by atoms with Gasteiger partial charge in [0.15, 0.2) is 0 Å². The first-order chi connectivity index (χ1) is 8.69. The van der Waals surface area contributed by atoms with Crippen LogP contribution in [0.15, 0.2) is 28.7 Å². The van der Waals surface area contributed by atoms with Gasteiger partial charge in [0.25, 0.3) is 0 Å². The van der Waals surface area contributed by atoms with Crippen LogP contribution in [0.3, 0.4) is 0 Å². The van der Waals surface area contributed by atoms with Gasteiger partial charge in [-0.15, -0.1) is 0 Å². The molecule has 0 aliphatic heterocycles. The van der Waals surface area contributed by atoms with E-state index >= 15 is 0 Å². The molecule has 1 saturated carbocycles. The molecule has 1 fully saturated rings. The molecule has 0 saturated heterocycles. The van der Waals surface area contributed by atoms with Crippen LogP contribution in [0, 0.1) is 11.3 Å². The Hall–Kier alpha value is -1.05. The van der Waals surface area contributed by atoms with Crippen molar-refractivity contribution in [1.29, 1.82) is 5.26 Å². The number of methoxy groups -OCH3 is 1. The first-order valence-electron chi connectivity index (χ1n) is 6.16. The third-order valence-corrected chi connectivity index (χ3v) is 4.27. The number of rotatable bonds is 3. The van der Waals surface area contributed by atoms with Gasteiger partial charge in [-0.25, -0.2) is 0 Å². The Kier molecular flexibility index (Phi) is 4.26. The lowest BCUT2D eigenvalue weighted by molar-refractivity contribution is 0.0611. The molecule has 4 heteroatoms. The number of ether oxygens (including phenoxy) is 1. The predicted octanol–water partition coefficient (Wildman–Crippen LogP) is 3.71. The van der Waals surface area contributed by atoms with Gasteiger partial charge < -0.3 is 10.1 Å². The average Bonchev–Trinajstić information content (AvgIpc) is 2.42. The first kappa shape index (κ1) is 13.4. The fraction of sp³-hybridized carbons (Fsp3) is 0.500. The average molecular weight is 309 g/mol. The van der Waals surface area contributed by atoms with Crippen LogP contribution in [-0.2, 0) is 4.74 Å². The van der Waals surface area contributed by atoms with Gasteiger partial charge in [-0.2, -0.15) is 5.26 Å². The summed E-state index contributed by atoms with van der Waals surface area (Å²) in [5.74, 6) is 0. The number of hydrogen-bond acceptors (Lipinski definition) is 3. The monoisotopic (exact) mass is 308 g/mol. The molecule has 3 nitrogen and oxygen atoms in total. The molecule has 0 heterocycles. The second-order valence-corrected chi connectivity index (χ2v) is 5.59. The van der Waals surface area contributed by atoms with Crippen LogP contribution < -0.4 is 5.32 Å². The van der Waals surface area contributed by atoms with Crippen LogP contribution in [-0.4, -0.2) is 18.8 Å². The molecule has 18 heavy (non-hydrogen) atoms. The Morgan fingerprint density at radius 2 is 2.06 bits per heavy atom. The third-order valence-electron chi connectivity index (χ3n) is 3.58. The summed E-state index contributed by atoms with van der Waals surface area (Å²) in [5, 5.41) is 12.9. The van der Waals surface area contributed by atoms with Crippen molar-refractivity contribution >= 4 is 21.6 Å². The van der Waals surface area contributed by atoms with Crippen LogP contribution in [0.1, 0.15) is 25.7 Å². The normalized spacial score (nSPS) is 27.5. The summed E-state index contributed by atoms with van der Waals surface area (Å²) >= 11 is 3.51. The topological polar surface area (TPSA) is 45.0 Å². The largest absolute Gasteiger partial charge is 0.381 e. The maximum atomic E-state index is 9.48. The molecule has 0 atom stereocenters. The lowest BCUT2D eigenvalue weighted by atomic mass is 9.81. The van der Waals surface area contributed by atoms with Gasteiger partial charge in [-0.3, -0.25) is 0 Å². The maximum Gasteiger partial charge on any atom is 0.125 e. The van der Waals surface area contributed by atoms with Gasteiger partial charge in [0.2, 0.25) is 0 Å². The lowest BCUT2D eigenvalue weighted by Gasteiger charge is -2.36. The molecule has 0 amide bonds. The minimum absolute atomic E-state index is 0.299. The van der Waals surface area contributed by atoms with E-state index in [9.17, 15) is 5.26 Å². The number of anilines is 1. The standard InChI is InChI=1S/C14H17BrN2O/c1-18-11-6-8-14(10-16,9-7-11)17-13-5-3-2-4-12(13)15/h2-5,11,17H,6-9H2,1H3. The summed E-state index contributed by atoms with van der Waals surface area (Å²) in [7, 11) is 1.74. The number of benzene rings is 1. The van der Waals surface area contributed by atoms with Gasteiger partial charge in [-0.1, -0.05) is 12.1 Å².